The van der Waals surface area contributed by atoms with Gasteiger partial charge < -0.3 is 10.9 Å². The first-order valence-corrected chi connectivity index (χ1v) is 6.64. The van der Waals surface area contributed by atoms with E-state index in [1.54, 1.807) is 30.3 Å². The molecule has 0 saturated carbocycles. The molecule has 0 radical (unpaired) electrons. The zero-order chi connectivity index (χ0) is 15.7. The lowest BCUT2D eigenvalue weighted by Crippen LogP contribution is -2.19. The van der Waals surface area contributed by atoms with Crippen LogP contribution in [-0.4, -0.2) is 20.8 Å². The number of nitrogens with two attached hydrogens (primary N) is 1. The van der Waals surface area contributed by atoms with Gasteiger partial charge in [0.2, 0.25) is 5.91 Å². The van der Waals surface area contributed by atoms with E-state index in [0.29, 0.717) is 22.1 Å². The summed E-state index contributed by atoms with van der Waals surface area (Å²) in [5.41, 5.74) is 6.91. The van der Waals surface area contributed by atoms with Crippen molar-refractivity contribution in [2.45, 2.75) is 6.42 Å². The van der Waals surface area contributed by atoms with Gasteiger partial charge in [0.1, 0.15) is 0 Å². The molecule has 3 aromatic rings. The van der Waals surface area contributed by atoms with Crippen molar-refractivity contribution in [1.82, 2.24) is 9.71 Å². The quantitative estimate of drug-likeness (QED) is 0.712. The van der Waals surface area contributed by atoms with Gasteiger partial charge >= 0.3 is 0 Å². The summed E-state index contributed by atoms with van der Waals surface area (Å²) < 4.78 is 0.526. The van der Waals surface area contributed by atoms with E-state index < -0.39 is 11.5 Å². The zero-order valence-corrected chi connectivity index (χ0v) is 11.6. The van der Waals surface area contributed by atoms with Gasteiger partial charge in [-0.05, 0) is 41.8 Å². The molecule has 6 heteroatoms. The average Bonchev–Trinajstić information content (AvgIpc) is 2.52. The van der Waals surface area contributed by atoms with Crippen LogP contribution >= 0.6 is 0 Å². The van der Waals surface area contributed by atoms with Gasteiger partial charge in [-0.3, -0.25) is 9.59 Å². The van der Waals surface area contributed by atoms with E-state index in [1.165, 1.54) is 12.3 Å². The smallest absolute Gasteiger partial charge is 0.285 e. The van der Waals surface area contributed by atoms with Crippen LogP contribution in [0.1, 0.15) is 21.5 Å². The monoisotopic (exact) mass is 295 g/mol. The highest BCUT2D eigenvalue weighted by molar-refractivity contribution is 5.93. The maximum absolute atomic E-state index is 11.8. The van der Waals surface area contributed by atoms with Crippen LogP contribution in [0.5, 0.6) is 0 Å². The van der Waals surface area contributed by atoms with Crippen molar-refractivity contribution in [2.75, 3.05) is 0 Å². The highest BCUT2D eigenvalue weighted by atomic mass is 16.5. The molecule has 0 aliphatic rings. The maximum atomic E-state index is 11.8. The van der Waals surface area contributed by atoms with Gasteiger partial charge in [0.15, 0.2) is 5.65 Å². The first-order valence-electron chi connectivity index (χ1n) is 6.64. The number of fused-ring (bicyclic) bond motifs is 1. The van der Waals surface area contributed by atoms with Crippen molar-refractivity contribution in [1.29, 1.82) is 0 Å². The molecular formula is C16H13N3O3. The summed E-state index contributed by atoms with van der Waals surface area (Å²) in [6.45, 7) is 0. The standard InChI is InChI=1S/C16H13N3O3/c17-15(21)11-4-1-3-10(7-11)8-12-9-14(20)19(22)16-13(12)5-2-6-18-16/h1-7,9,22H,8H2,(H2,17,21). The first kappa shape index (κ1) is 13.8. The van der Waals surface area contributed by atoms with Crippen LogP contribution < -0.4 is 11.3 Å². The Bertz CT molecular complexity index is 931. The maximum Gasteiger partial charge on any atom is 0.285 e. The van der Waals surface area contributed by atoms with Crippen LogP contribution in [-0.2, 0) is 6.42 Å². The molecule has 0 atom stereocenters. The molecule has 6 nitrogen and oxygen atoms in total. The fraction of sp³-hybridized carbons (Fsp3) is 0.0625. The normalized spacial score (nSPS) is 10.7. The molecule has 1 amide bonds. The lowest BCUT2D eigenvalue weighted by molar-refractivity contribution is 0.1000. The van der Waals surface area contributed by atoms with E-state index in [0.717, 1.165) is 11.1 Å². The van der Waals surface area contributed by atoms with Crippen molar-refractivity contribution in [2.24, 2.45) is 5.73 Å². The van der Waals surface area contributed by atoms with Crippen molar-refractivity contribution in [3.8, 4) is 0 Å². The van der Waals surface area contributed by atoms with Crippen molar-refractivity contribution in [3.05, 3.63) is 75.7 Å². The number of pyridine rings is 2. The van der Waals surface area contributed by atoms with E-state index in [2.05, 4.69) is 4.98 Å². The molecule has 0 aliphatic heterocycles. The summed E-state index contributed by atoms with van der Waals surface area (Å²) in [4.78, 5) is 27.1. The van der Waals surface area contributed by atoms with Crippen LogP contribution in [0.4, 0.5) is 0 Å². The third-order valence-corrected chi connectivity index (χ3v) is 3.45. The summed E-state index contributed by atoms with van der Waals surface area (Å²) in [6.07, 6.45) is 1.94. The van der Waals surface area contributed by atoms with Gasteiger partial charge in [0, 0.05) is 23.2 Å². The Balaban J connectivity index is 2.12. The molecule has 0 bridgehead atoms. The van der Waals surface area contributed by atoms with Gasteiger partial charge in [-0.2, -0.15) is 0 Å². The van der Waals surface area contributed by atoms with Crippen LogP contribution in [0.2, 0.25) is 0 Å². The third kappa shape index (κ3) is 2.42. The van der Waals surface area contributed by atoms with Crippen molar-refractivity contribution >= 4 is 16.9 Å². The molecule has 1 aromatic carbocycles. The number of hydrogen-bond donors (Lipinski definition) is 2. The lowest BCUT2D eigenvalue weighted by Gasteiger charge is -2.08. The van der Waals surface area contributed by atoms with E-state index in [9.17, 15) is 14.8 Å². The van der Waals surface area contributed by atoms with Crippen LogP contribution in [0.3, 0.4) is 0 Å². The van der Waals surface area contributed by atoms with Gasteiger partial charge in [-0.15, -0.1) is 4.73 Å². The molecule has 0 aliphatic carbocycles. The van der Waals surface area contributed by atoms with E-state index in [-0.39, 0.29) is 5.65 Å². The van der Waals surface area contributed by atoms with E-state index in [4.69, 9.17) is 5.73 Å². The SMILES string of the molecule is NC(=O)c1cccc(Cc2cc(=O)n(O)c3ncccc23)c1. The number of primary amides is 1. The number of amides is 1. The van der Waals surface area contributed by atoms with Crippen LogP contribution in [0, 0.1) is 0 Å². The van der Waals surface area contributed by atoms with E-state index >= 15 is 0 Å². The minimum absolute atomic E-state index is 0.205. The number of rotatable bonds is 3. The summed E-state index contributed by atoms with van der Waals surface area (Å²) in [7, 11) is 0. The molecule has 2 aromatic heterocycles. The Kier molecular flexibility index (Phi) is 3.34. The summed E-state index contributed by atoms with van der Waals surface area (Å²) in [5, 5.41) is 10.4. The van der Waals surface area contributed by atoms with Gasteiger partial charge in [0.25, 0.3) is 5.56 Å². The number of carbonyl (C=O) groups is 1. The molecular weight excluding hydrogens is 282 g/mol. The molecule has 3 rings (SSSR count). The average molecular weight is 295 g/mol. The third-order valence-electron chi connectivity index (χ3n) is 3.45. The highest BCUT2D eigenvalue weighted by Gasteiger charge is 2.10. The topological polar surface area (TPSA) is 98.2 Å². The van der Waals surface area contributed by atoms with Gasteiger partial charge in [0.05, 0.1) is 0 Å². The molecule has 110 valence electrons. The second-order valence-corrected chi connectivity index (χ2v) is 4.94. The summed E-state index contributed by atoms with van der Waals surface area (Å²) >= 11 is 0. The molecule has 0 spiro atoms. The Morgan fingerprint density at radius 2 is 2.05 bits per heavy atom. The molecule has 2 heterocycles. The van der Waals surface area contributed by atoms with Gasteiger partial charge in [-0.1, -0.05) is 12.1 Å². The lowest BCUT2D eigenvalue weighted by atomic mass is 10.0. The Hall–Kier alpha value is -3.15. The molecule has 22 heavy (non-hydrogen) atoms. The number of aromatic nitrogens is 2. The summed E-state index contributed by atoms with van der Waals surface area (Å²) in [5.74, 6) is -0.501. The van der Waals surface area contributed by atoms with E-state index in [1.807, 2.05) is 6.07 Å². The fourth-order valence-corrected chi connectivity index (χ4v) is 2.41. The van der Waals surface area contributed by atoms with Crippen LogP contribution in [0.15, 0.2) is 53.5 Å². The van der Waals surface area contributed by atoms with Crippen LogP contribution in [0.25, 0.3) is 11.0 Å². The molecule has 0 fully saturated rings. The largest absolute Gasteiger partial charge is 0.423 e. The predicted molar refractivity (Wildman–Crippen MR) is 81.0 cm³/mol. The molecule has 3 N–H and O–H groups in total. The number of carbonyl (C=O) groups excluding carboxylic acids is 1. The molecule has 0 saturated heterocycles. The van der Waals surface area contributed by atoms with Crippen molar-refractivity contribution in [3.63, 3.8) is 0 Å². The Morgan fingerprint density at radius 1 is 1.23 bits per heavy atom. The van der Waals surface area contributed by atoms with Crippen molar-refractivity contribution < 1.29 is 10.0 Å². The predicted octanol–water partition coefficient (Wildman–Crippen LogP) is 1.32. The number of benzene rings is 1. The minimum atomic E-state index is -0.549. The summed E-state index contributed by atoms with van der Waals surface area (Å²) in [6, 6.07) is 11.8. The Labute approximate surface area is 125 Å². The second kappa shape index (κ2) is 5.33. The molecule has 0 unspecified atom stereocenters. The fourth-order valence-electron chi connectivity index (χ4n) is 2.41. The zero-order valence-electron chi connectivity index (χ0n) is 11.6. The number of nitrogens with zero attached hydrogens (tertiary/aromatic N) is 2. The highest BCUT2D eigenvalue weighted by Crippen LogP contribution is 2.18. The first-order chi connectivity index (χ1) is 10.6. The van der Waals surface area contributed by atoms with Gasteiger partial charge in [-0.25, -0.2) is 4.98 Å². The number of hydrogen-bond acceptors (Lipinski definition) is 4. The second-order valence-electron chi connectivity index (χ2n) is 4.94. The minimum Gasteiger partial charge on any atom is -0.423 e. The Morgan fingerprint density at radius 3 is 2.82 bits per heavy atom.